The van der Waals surface area contributed by atoms with Crippen molar-refractivity contribution in [3.05, 3.63) is 48.0 Å². The van der Waals surface area contributed by atoms with Crippen molar-refractivity contribution in [2.45, 2.75) is 25.3 Å². The second-order valence-corrected chi connectivity index (χ2v) is 6.73. The number of aromatic nitrogens is 6. The summed E-state index contributed by atoms with van der Waals surface area (Å²) < 4.78 is 4.02. The van der Waals surface area contributed by atoms with Gasteiger partial charge in [0.15, 0.2) is 11.5 Å². The summed E-state index contributed by atoms with van der Waals surface area (Å²) in [6, 6.07) is 12.2. The normalized spacial score (nSPS) is 14.5. The number of aryl methyl sites for hydroxylation is 1. The minimum atomic E-state index is 0.517. The Labute approximate surface area is 144 Å². The summed E-state index contributed by atoms with van der Waals surface area (Å²) in [5, 5.41) is 13.3. The number of nitrogens with zero attached hydrogens (tertiary/aromatic N) is 7. The summed E-state index contributed by atoms with van der Waals surface area (Å²) in [6.07, 6.45) is 2.37. The van der Waals surface area contributed by atoms with Crippen molar-refractivity contribution in [3.63, 3.8) is 0 Å². The number of rotatable bonds is 4. The molecule has 5 rings (SSSR count). The lowest BCUT2D eigenvalue weighted by Crippen LogP contribution is -2.21. The molecule has 0 radical (unpaired) electrons. The van der Waals surface area contributed by atoms with E-state index in [0.29, 0.717) is 12.5 Å². The molecule has 0 N–H and O–H groups in total. The molecule has 1 aliphatic carbocycles. The zero-order chi connectivity index (χ0) is 17.0. The first-order valence-electron chi connectivity index (χ1n) is 8.54. The number of fused-ring (bicyclic) bond motifs is 2. The molecule has 1 aromatic carbocycles. The third-order valence-electron chi connectivity index (χ3n) is 4.86. The molecule has 25 heavy (non-hydrogen) atoms. The number of para-hydroxylation sites is 2. The molecule has 1 saturated carbocycles. The standard InChI is InChI=1S/C18H19N7/c1-23(11-17-19-13-5-3-4-6-14(13)24(17)2)16-10-9-15-20-21-18(12-7-8-12)25(15)22-16/h3-6,9-10,12H,7-8,11H2,1-2H3. The molecule has 0 unspecified atom stereocenters. The Bertz CT molecular complexity index is 1070. The van der Waals surface area contributed by atoms with E-state index in [-0.39, 0.29) is 0 Å². The fourth-order valence-electron chi connectivity index (χ4n) is 3.23. The third kappa shape index (κ3) is 2.34. The fourth-order valence-corrected chi connectivity index (χ4v) is 3.23. The van der Waals surface area contributed by atoms with E-state index in [1.165, 1.54) is 12.8 Å². The molecule has 7 nitrogen and oxygen atoms in total. The average molecular weight is 333 g/mol. The van der Waals surface area contributed by atoms with Gasteiger partial charge >= 0.3 is 0 Å². The van der Waals surface area contributed by atoms with Crippen molar-refractivity contribution >= 4 is 22.5 Å². The van der Waals surface area contributed by atoms with Crippen LogP contribution in [-0.4, -0.2) is 36.4 Å². The Balaban J connectivity index is 1.48. The van der Waals surface area contributed by atoms with Gasteiger partial charge in [0.2, 0.25) is 0 Å². The Hall–Kier alpha value is -2.96. The maximum atomic E-state index is 4.76. The molecule has 126 valence electrons. The highest BCUT2D eigenvalue weighted by Gasteiger charge is 2.29. The molecule has 4 aromatic rings. The highest BCUT2D eigenvalue weighted by molar-refractivity contribution is 5.75. The first kappa shape index (κ1) is 14.4. The number of benzene rings is 1. The molecule has 0 spiro atoms. The first-order valence-corrected chi connectivity index (χ1v) is 8.54. The van der Waals surface area contributed by atoms with Crippen LogP contribution in [0.5, 0.6) is 0 Å². The molecule has 0 atom stereocenters. The minimum absolute atomic E-state index is 0.517. The molecular weight excluding hydrogens is 314 g/mol. The van der Waals surface area contributed by atoms with Gasteiger partial charge in [0.25, 0.3) is 0 Å². The Kier molecular flexibility index (Phi) is 3.03. The molecule has 0 aliphatic heterocycles. The van der Waals surface area contributed by atoms with Crippen molar-refractivity contribution in [2.75, 3.05) is 11.9 Å². The Morgan fingerprint density at radius 3 is 2.76 bits per heavy atom. The number of hydrogen-bond acceptors (Lipinski definition) is 5. The lowest BCUT2D eigenvalue weighted by atomic mass is 10.3. The van der Waals surface area contributed by atoms with Crippen molar-refractivity contribution in [1.82, 2.24) is 29.4 Å². The highest BCUT2D eigenvalue weighted by Crippen LogP contribution is 2.38. The second-order valence-electron chi connectivity index (χ2n) is 6.73. The van der Waals surface area contributed by atoms with Crippen LogP contribution in [0.25, 0.3) is 16.7 Å². The average Bonchev–Trinajstić information content (AvgIpc) is 3.31. The smallest absolute Gasteiger partial charge is 0.178 e. The van der Waals surface area contributed by atoms with Crippen LogP contribution in [0.2, 0.25) is 0 Å². The second kappa shape index (κ2) is 5.27. The first-order chi connectivity index (χ1) is 12.2. The van der Waals surface area contributed by atoms with Crippen LogP contribution in [0, 0.1) is 0 Å². The van der Waals surface area contributed by atoms with E-state index in [1.807, 2.05) is 41.9 Å². The summed E-state index contributed by atoms with van der Waals surface area (Å²) in [5.74, 6) is 3.40. The summed E-state index contributed by atoms with van der Waals surface area (Å²) in [7, 11) is 4.09. The van der Waals surface area contributed by atoms with E-state index in [4.69, 9.17) is 10.1 Å². The molecular formula is C18H19N7. The topological polar surface area (TPSA) is 64.1 Å². The van der Waals surface area contributed by atoms with E-state index < -0.39 is 0 Å². The molecule has 0 saturated heterocycles. The summed E-state index contributed by atoms with van der Waals surface area (Å²) in [5.41, 5.74) is 2.97. The Morgan fingerprint density at radius 1 is 1.12 bits per heavy atom. The van der Waals surface area contributed by atoms with Crippen molar-refractivity contribution in [2.24, 2.45) is 7.05 Å². The monoisotopic (exact) mass is 333 g/mol. The van der Waals surface area contributed by atoms with Gasteiger partial charge in [-0.1, -0.05) is 12.1 Å². The van der Waals surface area contributed by atoms with Gasteiger partial charge < -0.3 is 9.47 Å². The highest BCUT2D eigenvalue weighted by atomic mass is 15.4. The predicted octanol–water partition coefficient (Wildman–Crippen LogP) is 2.52. The van der Waals surface area contributed by atoms with Gasteiger partial charge in [-0.2, -0.15) is 4.52 Å². The van der Waals surface area contributed by atoms with E-state index in [2.05, 4.69) is 32.8 Å². The van der Waals surface area contributed by atoms with Gasteiger partial charge in [0.05, 0.1) is 17.6 Å². The molecule has 0 bridgehead atoms. The quantitative estimate of drug-likeness (QED) is 0.574. The summed E-state index contributed by atoms with van der Waals surface area (Å²) in [6.45, 7) is 0.685. The van der Waals surface area contributed by atoms with E-state index in [9.17, 15) is 0 Å². The summed E-state index contributed by atoms with van der Waals surface area (Å²) in [4.78, 5) is 6.86. The maximum absolute atomic E-state index is 4.76. The molecule has 3 aromatic heterocycles. The van der Waals surface area contributed by atoms with E-state index in [1.54, 1.807) is 0 Å². The maximum Gasteiger partial charge on any atom is 0.178 e. The summed E-state index contributed by atoms with van der Waals surface area (Å²) >= 11 is 0. The van der Waals surface area contributed by atoms with Crippen molar-refractivity contribution < 1.29 is 0 Å². The van der Waals surface area contributed by atoms with Gasteiger partial charge in [-0.25, -0.2) is 4.98 Å². The largest absolute Gasteiger partial charge is 0.351 e. The Morgan fingerprint density at radius 2 is 1.96 bits per heavy atom. The van der Waals surface area contributed by atoms with Crippen LogP contribution < -0.4 is 4.90 Å². The van der Waals surface area contributed by atoms with Gasteiger partial charge in [-0.3, -0.25) is 0 Å². The number of imidazole rings is 1. The molecule has 3 heterocycles. The zero-order valence-corrected chi connectivity index (χ0v) is 14.3. The fraction of sp³-hybridized carbons (Fsp3) is 0.333. The SMILES string of the molecule is CN(Cc1nc2ccccc2n1C)c1ccc2nnc(C3CC3)n2n1. The van der Waals surface area contributed by atoms with E-state index in [0.717, 1.165) is 34.1 Å². The van der Waals surface area contributed by atoms with Crippen LogP contribution in [0.4, 0.5) is 5.82 Å². The van der Waals surface area contributed by atoms with Gasteiger partial charge in [0, 0.05) is 20.0 Å². The molecule has 1 fully saturated rings. The van der Waals surface area contributed by atoms with E-state index >= 15 is 0 Å². The van der Waals surface area contributed by atoms with Gasteiger partial charge in [-0.05, 0) is 37.1 Å². The minimum Gasteiger partial charge on any atom is -0.351 e. The van der Waals surface area contributed by atoms with Crippen LogP contribution in [0.15, 0.2) is 36.4 Å². The number of anilines is 1. The lowest BCUT2D eigenvalue weighted by molar-refractivity contribution is 0.745. The van der Waals surface area contributed by atoms with Crippen molar-refractivity contribution in [3.8, 4) is 0 Å². The molecule has 1 aliphatic rings. The zero-order valence-electron chi connectivity index (χ0n) is 14.3. The third-order valence-corrected chi connectivity index (χ3v) is 4.86. The predicted molar refractivity (Wildman–Crippen MR) is 95.6 cm³/mol. The van der Waals surface area contributed by atoms with Crippen molar-refractivity contribution in [1.29, 1.82) is 0 Å². The lowest BCUT2D eigenvalue weighted by Gasteiger charge is -2.17. The van der Waals surface area contributed by atoms with Crippen LogP contribution >= 0.6 is 0 Å². The van der Waals surface area contributed by atoms with Gasteiger partial charge in [0.1, 0.15) is 11.6 Å². The van der Waals surface area contributed by atoms with Crippen LogP contribution in [-0.2, 0) is 13.6 Å². The van der Waals surface area contributed by atoms with Crippen LogP contribution in [0.3, 0.4) is 0 Å². The van der Waals surface area contributed by atoms with Crippen LogP contribution in [0.1, 0.15) is 30.4 Å². The van der Waals surface area contributed by atoms with Gasteiger partial charge in [-0.15, -0.1) is 15.3 Å². The molecule has 7 heteroatoms. The number of hydrogen-bond donors (Lipinski definition) is 0. The molecule has 0 amide bonds.